The second-order valence-electron chi connectivity index (χ2n) is 5.45. The standard InChI is InChI=1S/C17H14Cl2N2O2/c1-20(9-11-5-4-8-14(18)15(11)19)10-21-16(22)12-6-2-3-7-13(12)17(21)23/h2-8H,9-10H2,1H3. The van der Waals surface area contributed by atoms with Crippen molar-refractivity contribution in [1.82, 2.24) is 9.80 Å². The summed E-state index contributed by atoms with van der Waals surface area (Å²) >= 11 is 12.2. The first-order chi connectivity index (χ1) is 11.0. The molecule has 1 heterocycles. The van der Waals surface area contributed by atoms with Crippen molar-refractivity contribution in [2.75, 3.05) is 13.7 Å². The van der Waals surface area contributed by atoms with E-state index in [1.165, 1.54) is 4.90 Å². The van der Waals surface area contributed by atoms with Crippen LogP contribution in [0, 0.1) is 0 Å². The normalized spacial score (nSPS) is 13.8. The Kier molecular flexibility index (Phi) is 4.39. The van der Waals surface area contributed by atoms with Crippen LogP contribution < -0.4 is 0 Å². The number of fused-ring (bicyclic) bond motifs is 1. The molecular weight excluding hydrogens is 335 g/mol. The molecule has 23 heavy (non-hydrogen) atoms. The molecule has 0 unspecified atom stereocenters. The minimum absolute atomic E-state index is 0.190. The molecule has 2 aromatic rings. The van der Waals surface area contributed by atoms with Crippen LogP contribution in [-0.2, 0) is 6.54 Å². The van der Waals surface area contributed by atoms with Gasteiger partial charge in [-0.1, -0.05) is 47.5 Å². The number of hydrogen-bond donors (Lipinski definition) is 0. The van der Waals surface area contributed by atoms with Crippen LogP contribution in [0.3, 0.4) is 0 Å². The topological polar surface area (TPSA) is 40.6 Å². The van der Waals surface area contributed by atoms with Gasteiger partial charge in [0.15, 0.2) is 0 Å². The van der Waals surface area contributed by atoms with E-state index in [0.29, 0.717) is 27.7 Å². The summed E-state index contributed by atoms with van der Waals surface area (Å²) in [6.45, 7) is 0.669. The molecule has 0 aliphatic carbocycles. The summed E-state index contributed by atoms with van der Waals surface area (Å²) in [6, 6.07) is 12.3. The Balaban J connectivity index is 1.74. The van der Waals surface area contributed by atoms with Crippen LogP contribution in [0.15, 0.2) is 42.5 Å². The lowest BCUT2D eigenvalue weighted by Gasteiger charge is -2.23. The molecule has 0 saturated carbocycles. The van der Waals surface area contributed by atoms with E-state index in [2.05, 4.69) is 0 Å². The average Bonchev–Trinajstić information content (AvgIpc) is 2.77. The second kappa shape index (κ2) is 6.32. The largest absolute Gasteiger partial charge is 0.284 e. The van der Waals surface area contributed by atoms with Gasteiger partial charge in [0, 0.05) is 6.54 Å². The second-order valence-corrected chi connectivity index (χ2v) is 6.24. The predicted molar refractivity (Wildman–Crippen MR) is 89.7 cm³/mol. The van der Waals surface area contributed by atoms with E-state index >= 15 is 0 Å². The first-order valence-corrected chi connectivity index (χ1v) is 7.81. The zero-order valence-corrected chi connectivity index (χ0v) is 13.9. The quantitative estimate of drug-likeness (QED) is 0.791. The van der Waals surface area contributed by atoms with Gasteiger partial charge in [-0.25, -0.2) is 0 Å². The number of hydrogen-bond acceptors (Lipinski definition) is 3. The molecule has 0 spiro atoms. The Morgan fingerprint density at radius 1 is 0.957 bits per heavy atom. The van der Waals surface area contributed by atoms with Crippen LogP contribution in [0.25, 0.3) is 0 Å². The van der Waals surface area contributed by atoms with E-state index in [9.17, 15) is 9.59 Å². The Morgan fingerprint density at radius 2 is 1.57 bits per heavy atom. The number of imide groups is 1. The van der Waals surface area contributed by atoms with E-state index in [4.69, 9.17) is 23.2 Å². The average molecular weight is 349 g/mol. The van der Waals surface area contributed by atoms with Crippen molar-refractivity contribution in [1.29, 1.82) is 0 Å². The van der Waals surface area contributed by atoms with Crippen molar-refractivity contribution in [2.24, 2.45) is 0 Å². The zero-order chi connectivity index (χ0) is 16.6. The van der Waals surface area contributed by atoms with Crippen LogP contribution in [0.4, 0.5) is 0 Å². The van der Waals surface area contributed by atoms with Gasteiger partial charge in [0.25, 0.3) is 11.8 Å². The van der Waals surface area contributed by atoms with E-state index in [-0.39, 0.29) is 18.5 Å². The van der Waals surface area contributed by atoms with E-state index in [1.807, 2.05) is 24.1 Å². The molecule has 2 aromatic carbocycles. The van der Waals surface area contributed by atoms with Crippen molar-refractivity contribution >= 4 is 35.0 Å². The highest BCUT2D eigenvalue weighted by atomic mass is 35.5. The van der Waals surface area contributed by atoms with Gasteiger partial charge in [-0.15, -0.1) is 0 Å². The van der Waals surface area contributed by atoms with Crippen LogP contribution in [0.1, 0.15) is 26.3 Å². The number of amides is 2. The fraction of sp³-hybridized carbons (Fsp3) is 0.176. The number of nitrogens with zero attached hydrogens (tertiary/aromatic N) is 2. The van der Waals surface area contributed by atoms with Gasteiger partial charge < -0.3 is 0 Å². The summed E-state index contributed by atoms with van der Waals surface area (Å²) in [5, 5.41) is 0.974. The third-order valence-corrected chi connectivity index (χ3v) is 4.59. The Morgan fingerprint density at radius 3 is 2.17 bits per heavy atom. The van der Waals surface area contributed by atoms with Crippen LogP contribution >= 0.6 is 23.2 Å². The van der Waals surface area contributed by atoms with Gasteiger partial charge in [-0.3, -0.25) is 19.4 Å². The van der Waals surface area contributed by atoms with Crippen LogP contribution in [0.5, 0.6) is 0 Å². The van der Waals surface area contributed by atoms with Crippen molar-refractivity contribution in [3.63, 3.8) is 0 Å². The number of benzene rings is 2. The fourth-order valence-corrected chi connectivity index (χ4v) is 3.00. The number of halogens is 2. The molecule has 0 saturated heterocycles. The summed E-state index contributed by atoms with van der Waals surface area (Å²) < 4.78 is 0. The first kappa shape index (κ1) is 16.0. The van der Waals surface area contributed by atoms with Crippen molar-refractivity contribution in [3.05, 3.63) is 69.2 Å². The molecule has 0 radical (unpaired) electrons. The van der Waals surface area contributed by atoms with Gasteiger partial charge in [0.1, 0.15) is 0 Å². The first-order valence-electron chi connectivity index (χ1n) is 7.05. The lowest BCUT2D eigenvalue weighted by Crippen LogP contribution is -2.39. The highest BCUT2D eigenvalue weighted by molar-refractivity contribution is 6.42. The molecule has 4 nitrogen and oxygen atoms in total. The minimum atomic E-state index is -0.269. The summed E-state index contributed by atoms with van der Waals surface area (Å²) in [4.78, 5) is 27.8. The van der Waals surface area contributed by atoms with Gasteiger partial charge in [-0.2, -0.15) is 0 Å². The lowest BCUT2D eigenvalue weighted by molar-refractivity contribution is 0.0559. The molecule has 0 fully saturated rings. The number of rotatable bonds is 4. The molecule has 118 valence electrons. The van der Waals surface area contributed by atoms with Gasteiger partial charge in [0.2, 0.25) is 0 Å². The monoisotopic (exact) mass is 348 g/mol. The Bertz CT molecular complexity index is 757. The summed E-state index contributed by atoms with van der Waals surface area (Å²) in [5.74, 6) is -0.538. The molecule has 6 heteroatoms. The number of carbonyl (C=O) groups is 2. The third-order valence-electron chi connectivity index (χ3n) is 3.73. The highest BCUT2D eigenvalue weighted by Gasteiger charge is 2.35. The minimum Gasteiger partial charge on any atom is -0.284 e. The van der Waals surface area contributed by atoms with Gasteiger partial charge in [-0.05, 0) is 30.8 Å². The Labute approximate surface area is 144 Å². The number of carbonyl (C=O) groups excluding carboxylic acids is 2. The molecule has 1 aliphatic heterocycles. The van der Waals surface area contributed by atoms with Crippen molar-refractivity contribution in [2.45, 2.75) is 6.54 Å². The van der Waals surface area contributed by atoms with Gasteiger partial charge >= 0.3 is 0 Å². The molecule has 1 aliphatic rings. The molecule has 0 atom stereocenters. The van der Waals surface area contributed by atoms with E-state index in [0.717, 1.165) is 5.56 Å². The molecule has 0 aromatic heterocycles. The maximum Gasteiger partial charge on any atom is 0.262 e. The molecule has 0 bridgehead atoms. The molecule has 2 amide bonds. The van der Waals surface area contributed by atoms with Crippen LogP contribution in [-0.4, -0.2) is 35.3 Å². The maximum absolute atomic E-state index is 12.3. The van der Waals surface area contributed by atoms with Gasteiger partial charge in [0.05, 0.1) is 27.8 Å². The predicted octanol–water partition coefficient (Wildman–Crippen LogP) is 3.68. The smallest absolute Gasteiger partial charge is 0.262 e. The SMILES string of the molecule is CN(Cc1cccc(Cl)c1Cl)CN1C(=O)c2ccccc2C1=O. The summed E-state index contributed by atoms with van der Waals surface area (Å²) in [5.41, 5.74) is 1.75. The molecular formula is C17H14Cl2N2O2. The fourth-order valence-electron chi connectivity index (χ4n) is 2.62. The van der Waals surface area contributed by atoms with Crippen molar-refractivity contribution < 1.29 is 9.59 Å². The third kappa shape index (κ3) is 2.98. The maximum atomic E-state index is 12.3. The molecule has 3 rings (SSSR count). The lowest BCUT2D eigenvalue weighted by atomic mass is 10.1. The van der Waals surface area contributed by atoms with Crippen molar-refractivity contribution in [3.8, 4) is 0 Å². The Hall–Kier alpha value is -1.88. The summed E-state index contributed by atoms with van der Waals surface area (Å²) in [6.07, 6.45) is 0. The molecule has 0 N–H and O–H groups in total. The van der Waals surface area contributed by atoms with E-state index in [1.54, 1.807) is 30.3 Å². The summed E-state index contributed by atoms with van der Waals surface area (Å²) in [7, 11) is 1.82. The highest BCUT2D eigenvalue weighted by Crippen LogP contribution is 2.27. The van der Waals surface area contributed by atoms with Crippen LogP contribution in [0.2, 0.25) is 10.0 Å². The zero-order valence-electron chi connectivity index (χ0n) is 12.4. The van der Waals surface area contributed by atoms with E-state index < -0.39 is 0 Å².